The first-order valence-electron chi connectivity index (χ1n) is 3.48. The highest BCUT2D eigenvalue weighted by molar-refractivity contribution is 7.55. The molecule has 0 saturated carbocycles. The van der Waals surface area contributed by atoms with E-state index in [1.165, 1.54) is 0 Å². The summed E-state index contributed by atoms with van der Waals surface area (Å²) < 4.78 is 19.8. The van der Waals surface area contributed by atoms with E-state index in [2.05, 4.69) is 0 Å². The first-order chi connectivity index (χ1) is 5.56. The highest BCUT2D eigenvalue weighted by Gasteiger charge is 2.04. The molecule has 0 aliphatic carbocycles. The summed E-state index contributed by atoms with van der Waals surface area (Å²) in [5.41, 5.74) is 0. The number of ether oxygens (including phenoxy) is 2. The van der Waals surface area contributed by atoms with Crippen molar-refractivity contribution < 1.29 is 23.8 Å². The highest BCUT2D eigenvalue weighted by atomic mass is 31.2. The van der Waals surface area contributed by atoms with Crippen LogP contribution in [0.25, 0.3) is 0 Å². The summed E-state index contributed by atoms with van der Waals surface area (Å²) >= 11 is 0. The number of hydrogen-bond acceptors (Lipinski definition) is 3. The molecular weight excluding hydrogens is 183 g/mol. The maximum atomic E-state index is 10.2. The molecule has 0 heterocycles. The van der Waals surface area contributed by atoms with Gasteiger partial charge in [-0.25, -0.2) is 0 Å². The van der Waals surface area contributed by atoms with Gasteiger partial charge >= 0.3 is 7.60 Å². The van der Waals surface area contributed by atoms with Gasteiger partial charge in [0.15, 0.2) is 0 Å². The molecular formula is C6H13O5P. The minimum atomic E-state index is -4.07. The fourth-order valence-electron chi connectivity index (χ4n) is 0.442. The molecule has 2 N–H and O–H groups in total. The summed E-state index contributed by atoms with van der Waals surface area (Å²) in [5, 5.41) is 0. The van der Waals surface area contributed by atoms with Crippen LogP contribution >= 0.6 is 7.60 Å². The summed E-state index contributed by atoms with van der Waals surface area (Å²) in [6.07, 6.45) is 0.986. The molecule has 0 unspecified atom stereocenters. The van der Waals surface area contributed by atoms with Gasteiger partial charge < -0.3 is 19.3 Å². The minimum absolute atomic E-state index is 0.296. The summed E-state index contributed by atoms with van der Waals surface area (Å²) in [5.74, 6) is 0.707. The van der Waals surface area contributed by atoms with E-state index < -0.39 is 7.60 Å². The summed E-state index contributed by atoms with van der Waals surface area (Å²) in [6, 6.07) is 0. The topological polar surface area (TPSA) is 76.0 Å². The molecule has 0 aromatic rings. The lowest BCUT2D eigenvalue weighted by Crippen LogP contribution is -1.99. The van der Waals surface area contributed by atoms with E-state index in [9.17, 15) is 4.57 Å². The van der Waals surface area contributed by atoms with Crippen molar-refractivity contribution in [2.24, 2.45) is 0 Å². The predicted molar refractivity (Wildman–Crippen MR) is 43.6 cm³/mol. The molecule has 0 aromatic heterocycles. The standard InChI is InChI=1S/C6H13O5P/c1-2-10-3-4-11-5-6-12(7,8)9/h5-6H,2-4H2,1H3,(H2,7,8,9). The van der Waals surface area contributed by atoms with Crippen LogP contribution in [0, 0.1) is 0 Å². The third kappa shape index (κ3) is 9.65. The zero-order valence-corrected chi connectivity index (χ0v) is 7.74. The molecule has 0 rings (SSSR count). The SMILES string of the molecule is CCOCCOC=CP(=O)(O)O. The van der Waals surface area contributed by atoms with Crippen molar-refractivity contribution in [2.45, 2.75) is 6.92 Å². The molecule has 0 spiro atoms. The molecule has 12 heavy (non-hydrogen) atoms. The van der Waals surface area contributed by atoms with Gasteiger partial charge in [-0.3, -0.25) is 4.57 Å². The van der Waals surface area contributed by atoms with Crippen molar-refractivity contribution in [1.29, 1.82) is 0 Å². The van der Waals surface area contributed by atoms with Gasteiger partial charge in [0.2, 0.25) is 0 Å². The Morgan fingerprint density at radius 3 is 2.58 bits per heavy atom. The maximum absolute atomic E-state index is 10.2. The fourth-order valence-corrected chi connectivity index (χ4v) is 0.686. The molecule has 0 aromatic carbocycles. The molecule has 72 valence electrons. The number of hydrogen-bond donors (Lipinski definition) is 2. The van der Waals surface area contributed by atoms with Crippen molar-refractivity contribution in [3.05, 3.63) is 12.1 Å². The second-order valence-corrected chi connectivity index (χ2v) is 3.42. The van der Waals surface area contributed by atoms with Gasteiger partial charge in [-0.1, -0.05) is 0 Å². The van der Waals surface area contributed by atoms with Crippen molar-refractivity contribution >= 4 is 7.60 Å². The van der Waals surface area contributed by atoms with E-state index in [0.29, 0.717) is 25.6 Å². The van der Waals surface area contributed by atoms with Gasteiger partial charge in [-0.2, -0.15) is 0 Å². The van der Waals surface area contributed by atoms with Crippen LogP contribution in [-0.4, -0.2) is 29.6 Å². The smallest absolute Gasteiger partial charge is 0.352 e. The van der Waals surface area contributed by atoms with Crippen LogP contribution in [-0.2, 0) is 14.0 Å². The molecule has 0 bridgehead atoms. The van der Waals surface area contributed by atoms with E-state index in [-0.39, 0.29) is 0 Å². The van der Waals surface area contributed by atoms with E-state index in [0.717, 1.165) is 6.26 Å². The van der Waals surface area contributed by atoms with Crippen LogP contribution < -0.4 is 0 Å². The molecule has 5 nitrogen and oxygen atoms in total. The lowest BCUT2D eigenvalue weighted by molar-refractivity contribution is 0.0933. The maximum Gasteiger partial charge on any atom is 0.352 e. The van der Waals surface area contributed by atoms with Crippen LogP contribution in [0.2, 0.25) is 0 Å². The van der Waals surface area contributed by atoms with Crippen LogP contribution in [0.15, 0.2) is 12.1 Å². The van der Waals surface area contributed by atoms with Crippen LogP contribution in [0.1, 0.15) is 6.92 Å². The molecule has 6 heteroatoms. The van der Waals surface area contributed by atoms with Crippen molar-refractivity contribution in [3.8, 4) is 0 Å². The normalized spacial score (nSPS) is 12.2. The Kier molecular flexibility index (Phi) is 6.02. The van der Waals surface area contributed by atoms with Gasteiger partial charge in [-0.15, -0.1) is 0 Å². The Bertz CT molecular complexity index is 173. The van der Waals surface area contributed by atoms with E-state index in [4.69, 9.17) is 19.3 Å². The van der Waals surface area contributed by atoms with Crippen LogP contribution in [0.4, 0.5) is 0 Å². The lowest BCUT2D eigenvalue weighted by Gasteiger charge is -2.00. The minimum Gasteiger partial charge on any atom is -0.498 e. The van der Waals surface area contributed by atoms with E-state index >= 15 is 0 Å². The van der Waals surface area contributed by atoms with E-state index in [1.54, 1.807) is 0 Å². The molecule has 0 aliphatic heterocycles. The van der Waals surface area contributed by atoms with E-state index in [1.807, 2.05) is 6.92 Å². The van der Waals surface area contributed by atoms with Gasteiger partial charge in [0.25, 0.3) is 0 Å². The number of rotatable bonds is 6. The second kappa shape index (κ2) is 6.20. The van der Waals surface area contributed by atoms with Crippen molar-refractivity contribution in [1.82, 2.24) is 0 Å². The van der Waals surface area contributed by atoms with Crippen LogP contribution in [0.3, 0.4) is 0 Å². The molecule has 0 aliphatic rings. The molecule has 0 saturated heterocycles. The Hall–Kier alpha value is -0.350. The highest BCUT2D eigenvalue weighted by Crippen LogP contribution is 2.35. The van der Waals surface area contributed by atoms with Gasteiger partial charge in [0, 0.05) is 6.61 Å². The third-order valence-electron chi connectivity index (χ3n) is 0.901. The lowest BCUT2D eigenvalue weighted by atomic mass is 10.7. The third-order valence-corrected chi connectivity index (χ3v) is 1.41. The average molecular weight is 196 g/mol. The predicted octanol–water partition coefficient (Wildman–Crippen LogP) is 0.688. The average Bonchev–Trinajstić information content (AvgIpc) is 1.94. The zero-order chi connectivity index (χ0) is 9.45. The quantitative estimate of drug-likeness (QED) is 0.371. The summed E-state index contributed by atoms with van der Waals surface area (Å²) in [6.45, 7) is 3.17. The first-order valence-corrected chi connectivity index (χ1v) is 5.16. The Morgan fingerprint density at radius 1 is 1.42 bits per heavy atom. The Balaban J connectivity index is 3.31. The Morgan fingerprint density at radius 2 is 2.08 bits per heavy atom. The monoisotopic (exact) mass is 196 g/mol. The van der Waals surface area contributed by atoms with Crippen LogP contribution in [0.5, 0.6) is 0 Å². The Labute approximate surface area is 71.2 Å². The summed E-state index contributed by atoms with van der Waals surface area (Å²) in [4.78, 5) is 16.7. The van der Waals surface area contributed by atoms with Crippen molar-refractivity contribution in [2.75, 3.05) is 19.8 Å². The summed E-state index contributed by atoms with van der Waals surface area (Å²) in [7, 11) is -4.07. The van der Waals surface area contributed by atoms with Gasteiger partial charge in [-0.05, 0) is 6.92 Å². The van der Waals surface area contributed by atoms with Crippen molar-refractivity contribution in [3.63, 3.8) is 0 Å². The second-order valence-electron chi connectivity index (χ2n) is 1.94. The zero-order valence-electron chi connectivity index (χ0n) is 6.84. The van der Waals surface area contributed by atoms with Gasteiger partial charge in [0.1, 0.15) is 6.61 Å². The molecule has 0 atom stereocenters. The fraction of sp³-hybridized carbons (Fsp3) is 0.667. The molecule has 0 fully saturated rings. The first kappa shape index (κ1) is 11.6. The molecule has 0 amide bonds. The van der Waals surface area contributed by atoms with Gasteiger partial charge in [0.05, 0.1) is 18.7 Å². The molecule has 0 radical (unpaired) electrons. The largest absolute Gasteiger partial charge is 0.498 e.